The molecule has 18 heavy (non-hydrogen) atoms. The average molecular weight is 244 g/mol. The Hall–Kier alpha value is -2.50. The van der Waals surface area contributed by atoms with Crippen LogP contribution in [-0.2, 0) is 6.54 Å². The summed E-state index contributed by atoms with van der Waals surface area (Å²) in [4.78, 5) is 27.1. The zero-order valence-corrected chi connectivity index (χ0v) is 9.83. The van der Waals surface area contributed by atoms with Gasteiger partial charge in [-0.05, 0) is 25.1 Å². The van der Waals surface area contributed by atoms with Crippen LogP contribution in [0.2, 0.25) is 0 Å². The van der Waals surface area contributed by atoms with Gasteiger partial charge in [-0.15, -0.1) is 0 Å². The second-order valence-corrected chi connectivity index (χ2v) is 3.56. The van der Waals surface area contributed by atoms with Gasteiger partial charge in [0.1, 0.15) is 5.69 Å². The van der Waals surface area contributed by atoms with E-state index in [-0.39, 0.29) is 17.2 Å². The second kappa shape index (κ2) is 5.22. The van der Waals surface area contributed by atoms with Crippen molar-refractivity contribution in [1.29, 1.82) is 0 Å². The average Bonchev–Trinajstić information content (AvgIpc) is 2.40. The molecule has 0 atom stereocenters. The van der Waals surface area contributed by atoms with Crippen LogP contribution < -0.4 is 10.9 Å². The first-order chi connectivity index (χ1) is 8.70. The van der Waals surface area contributed by atoms with Crippen LogP contribution in [0, 0.1) is 0 Å². The summed E-state index contributed by atoms with van der Waals surface area (Å²) in [5, 5.41) is 6.64. The third-order valence-electron chi connectivity index (χ3n) is 2.34. The number of carbonyl (C=O) groups excluding carboxylic acids is 1. The van der Waals surface area contributed by atoms with Gasteiger partial charge in [-0.25, -0.2) is 4.68 Å². The van der Waals surface area contributed by atoms with Crippen molar-refractivity contribution in [1.82, 2.24) is 14.8 Å². The Kier molecular flexibility index (Phi) is 3.47. The molecule has 0 bridgehead atoms. The fourth-order valence-electron chi connectivity index (χ4n) is 1.43. The minimum absolute atomic E-state index is 0.202. The Morgan fingerprint density at radius 3 is 2.67 bits per heavy atom. The fourth-order valence-corrected chi connectivity index (χ4v) is 1.43. The van der Waals surface area contributed by atoms with Gasteiger partial charge in [-0.3, -0.25) is 14.6 Å². The van der Waals surface area contributed by atoms with E-state index < -0.39 is 0 Å². The first-order valence-electron chi connectivity index (χ1n) is 5.50. The number of nitrogens with zero attached hydrogens (tertiary/aromatic N) is 3. The van der Waals surface area contributed by atoms with Crippen LogP contribution in [-0.4, -0.2) is 20.7 Å². The normalized spacial score (nSPS) is 10.1. The van der Waals surface area contributed by atoms with E-state index in [0.29, 0.717) is 12.2 Å². The number of pyridine rings is 1. The highest BCUT2D eigenvalue weighted by Gasteiger charge is 2.09. The number of aromatic nitrogens is 3. The molecule has 2 rings (SSSR count). The molecule has 0 fully saturated rings. The molecule has 6 nitrogen and oxygen atoms in total. The monoisotopic (exact) mass is 244 g/mol. The molecule has 0 saturated heterocycles. The lowest BCUT2D eigenvalue weighted by atomic mass is 10.3. The molecule has 0 aliphatic rings. The Morgan fingerprint density at radius 2 is 2.00 bits per heavy atom. The minimum Gasteiger partial charge on any atom is -0.320 e. The summed E-state index contributed by atoms with van der Waals surface area (Å²) in [6.45, 7) is 2.22. The molecule has 1 amide bonds. The summed E-state index contributed by atoms with van der Waals surface area (Å²) >= 11 is 0. The van der Waals surface area contributed by atoms with Crippen molar-refractivity contribution in [3.8, 4) is 0 Å². The molecule has 0 spiro atoms. The Balaban J connectivity index is 2.22. The highest BCUT2D eigenvalue weighted by Crippen LogP contribution is 2.05. The molecule has 0 radical (unpaired) electrons. The van der Waals surface area contributed by atoms with Crippen molar-refractivity contribution in [2.45, 2.75) is 13.5 Å². The Bertz CT molecular complexity index is 607. The molecule has 0 aliphatic carbocycles. The largest absolute Gasteiger partial charge is 0.320 e. The van der Waals surface area contributed by atoms with Crippen LogP contribution in [0.25, 0.3) is 0 Å². The molecule has 0 aliphatic heterocycles. The van der Waals surface area contributed by atoms with E-state index in [1.54, 1.807) is 31.5 Å². The number of carbonyl (C=O) groups is 1. The first kappa shape index (κ1) is 12.0. The zero-order chi connectivity index (χ0) is 13.0. The summed E-state index contributed by atoms with van der Waals surface area (Å²) in [6.07, 6.45) is 3.16. The summed E-state index contributed by atoms with van der Waals surface area (Å²) in [7, 11) is 0. The third-order valence-corrected chi connectivity index (χ3v) is 2.34. The molecule has 6 heteroatoms. The van der Waals surface area contributed by atoms with E-state index >= 15 is 0 Å². The van der Waals surface area contributed by atoms with Gasteiger partial charge in [0.2, 0.25) is 0 Å². The number of aryl methyl sites for hydroxylation is 1. The first-order valence-corrected chi connectivity index (χ1v) is 5.50. The molecule has 0 saturated carbocycles. The van der Waals surface area contributed by atoms with E-state index in [2.05, 4.69) is 15.4 Å². The SMILES string of the molecule is CCn1nc(C(=O)Nc2ccncc2)ccc1=O. The van der Waals surface area contributed by atoms with Crippen molar-refractivity contribution in [3.05, 3.63) is 52.7 Å². The van der Waals surface area contributed by atoms with E-state index in [1.807, 2.05) is 0 Å². The summed E-state index contributed by atoms with van der Waals surface area (Å²) in [5.74, 6) is -0.358. The molecule has 2 heterocycles. The molecule has 0 unspecified atom stereocenters. The van der Waals surface area contributed by atoms with Crippen molar-refractivity contribution < 1.29 is 4.79 Å². The number of hydrogen-bond donors (Lipinski definition) is 1. The van der Waals surface area contributed by atoms with Crippen molar-refractivity contribution in [2.24, 2.45) is 0 Å². The van der Waals surface area contributed by atoms with Crippen LogP contribution in [0.4, 0.5) is 5.69 Å². The molecule has 0 aromatic carbocycles. The van der Waals surface area contributed by atoms with E-state index in [4.69, 9.17) is 0 Å². The van der Waals surface area contributed by atoms with Gasteiger partial charge in [0.25, 0.3) is 11.5 Å². The highest BCUT2D eigenvalue weighted by molar-refractivity contribution is 6.02. The second-order valence-electron chi connectivity index (χ2n) is 3.56. The third kappa shape index (κ3) is 2.60. The van der Waals surface area contributed by atoms with Crippen LogP contribution in [0.15, 0.2) is 41.5 Å². The lowest BCUT2D eigenvalue weighted by Gasteiger charge is -2.05. The molecule has 92 valence electrons. The van der Waals surface area contributed by atoms with Gasteiger partial charge in [0.05, 0.1) is 0 Å². The molecule has 2 aromatic heterocycles. The number of anilines is 1. The van der Waals surface area contributed by atoms with Crippen molar-refractivity contribution in [2.75, 3.05) is 5.32 Å². The standard InChI is InChI=1S/C12H12N4O2/c1-2-16-11(17)4-3-10(15-16)12(18)14-9-5-7-13-8-6-9/h3-8H,2H2,1H3,(H,13,14,18). The minimum atomic E-state index is -0.358. The topological polar surface area (TPSA) is 76.9 Å². The maximum atomic E-state index is 11.9. The molecule has 1 N–H and O–H groups in total. The molecular weight excluding hydrogens is 232 g/mol. The number of hydrogen-bond acceptors (Lipinski definition) is 4. The summed E-state index contributed by atoms with van der Waals surface area (Å²) in [6, 6.07) is 6.09. The Morgan fingerprint density at radius 1 is 1.28 bits per heavy atom. The number of nitrogens with one attached hydrogen (secondary N) is 1. The van der Waals surface area contributed by atoms with Crippen LogP contribution in [0.1, 0.15) is 17.4 Å². The smallest absolute Gasteiger partial charge is 0.276 e. The predicted molar refractivity (Wildman–Crippen MR) is 66.4 cm³/mol. The summed E-state index contributed by atoms with van der Waals surface area (Å²) in [5.41, 5.74) is 0.609. The van der Waals surface area contributed by atoms with Crippen LogP contribution in [0.5, 0.6) is 0 Å². The highest BCUT2D eigenvalue weighted by atomic mass is 16.2. The van der Waals surface area contributed by atoms with Gasteiger partial charge < -0.3 is 5.32 Å². The van der Waals surface area contributed by atoms with Gasteiger partial charge in [0.15, 0.2) is 0 Å². The van der Waals surface area contributed by atoms with Crippen molar-refractivity contribution >= 4 is 11.6 Å². The maximum Gasteiger partial charge on any atom is 0.276 e. The lowest BCUT2D eigenvalue weighted by molar-refractivity contribution is 0.102. The van der Waals surface area contributed by atoms with E-state index in [9.17, 15) is 9.59 Å². The van der Waals surface area contributed by atoms with Crippen molar-refractivity contribution in [3.63, 3.8) is 0 Å². The van der Waals surface area contributed by atoms with Crippen LogP contribution in [0.3, 0.4) is 0 Å². The quantitative estimate of drug-likeness (QED) is 0.870. The lowest BCUT2D eigenvalue weighted by Crippen LogP contribution is -2.25. The van der Waals surface area contributed by atoms with Crippen LogP contribution >= 0.6 is 0 Å². The maximum absolute atomic E-state index is 11.9. The number of amides is 1. The Labute approximate surface area is 103 Å². The fraction of sp³-hybridized carbons (Fsp3) is 0.167. The van der Waals surface area contributed by atoms with Gasteiger partial charge >= 0.3 is 0 Å². The van der Waals surface area contributed by atoms with Gasteiger partial charge in [-0.2, -0.15) is 5.10 Å². The molecule has 2 aromatic rings. The van der Waals surface area contributed by atoms with Gasteiger partial charge in [0, 0.05) is 30.7 Å². The zero-order valence-electron chi connectivity index (χ0n) is 9.83. The molecular formula is C12H12N4O2. The van der Waals surface area contributed by atoms with Gasteiger partial charge in [-0.1, -0.05) is 0 Å². The van der Waals surface area contributed by atoms with E-state index in [0.717, 1.165) is 0 Å². The van der Waals surface area contributed by atoms with E-state index in [1.165, 1.54) is 16.8 Å². The summed E-state index contributed by atoms with van der Waals surface area (Å²) < 4.78 is 1.24. The number of rotatable bonds is 3. The predicted octanol–water partition coefficient (Wildman–Crippen LogP) is 0.911.